The molecule has 0 aromatic heterocycles. The van der Waals surface area contributed by atoms with Crippen LogP contribution in [0.1, 0.15) is 55.4 Å². The molecule has 0 fully saturated rings. The van der Waals surface area contributed by atoms with Gasteiger partial charge in [-0.1, -0.05) is 51.0 Å². The van der Waals surface area contributed by atoms with Gasteiger partial charge in [0.15, 0.2) is 0 Å². The SMILES string of the molecule is CC(C)=CC(B(N)C(C=C(C)C)C(C)C)C(C)C. The van der Waals surface area contributed by atoms with Crippen LogP contribution in [0.2, 0.25) is 11.6 Å². The second-order valence-electron chi connectivity index (χ2n) is 6.71. The average Bonchev–Trinajstić information content (AvgIpc) is 2.20. The molecule has 18 heavy (non-hydrogen) atoms. The first-order valence-electron chi connectivity index (χ1n) is 7.22. The highest BCUT2D eigenvalue weighted by atomic mass is 14.5. The van der Waals surface area contributed by atoms with Crippen molar-refractivity contribution in [2.75, 3.05) is 0 Å². The molecule has 0 bridgehead atoms. The monoisotopic (exact) mass is 249 g/mol. The molecular formula is C16H32BN. The molecule has 0 radical (unpaired) electrons. The fraction of sp³-hybridized carbons (Fsp3) is 0.750. The quantitative estimate of drug-likeness (QED) is 0.524. The first-order valence-corrected chi connectivity index (χ1v) is 7.22. The van der Waals surface area contributed by atoms with Crippen LogP contribution >= 0.6 is 0 Å². The van der Waals surface area contributed by atoms with Gasteiger partial charge in [-0.15, -0.1) is 0 Å². The fourth-order valence-electron chi connectivity index (χ4n) is 2.52. The molecule has 0 aromatic rings. The van der Waals surface area contributed by atoms with Crippen molar-refractivity contribution in [3.8, 4) is 0 Å². The molecule has 0 aliphatic heterocycles. The molecule has 0 rings (SSSR count). The Balaban J connectivity index is 5.19. The van der Waals surface area contributed by atoms with Gasteiger partial charge in [-0.3, -0.25) is 0 Å². The molecule has 0 saturated carbocycles. The average molecular weight is 249 g/mol. The van der Waals surface area contributed by atoms with Gasteiger partial charge in [0.1, 0.15) is 0 Å². The maximum Gasteiger partial charge on any atom is 0.232 e. The maximum atomic E-state index is 6.57. The van der Waals surface area contributed by atoms with E-state index in [1.165, 1.54) is 11.1 Å². The van der Waals surface area contributed by atoms with E-state index in [2.05, 4.69) is 67.5 Å². The Morgan fingerprint density at radius 2 is 1.06 bits per heavy atom. The highest BCUT2D eigenvalue weighted by molar-refractivity contribution is 6.60. The lowest BCUT2D eigenvalue weighted by Crippen LogP contribution is -2.40. The van der Waals surface area contributed by atoms with Crippen molar-refractivity contribution in [2.24, 2.45) is 17.5 Å². The summed E-state index contributed by atoms with van der Waals surface area (Å²) in [6, 6.07) is 0. The summed E-state index contributed by atoms with van der Waals surface area (Å²) in [6.45, 7) is 17.9. The van der Waals surface area contributed by atoms with Crippen LogP contribution in [0.5, 0.6) is 0 Å². The number of rotatable bonds is 6. The van der Waals surface area contributed by atoms with E-state index in [1.807, 2.05) is 0 Å². The minimum atomic E-state index is 0.204. The van der Waals surface area contributed by atoms with E-state index >= 15 is 0 Å². The maximum absolute atomic E-state index is 6.57. The van der Waals surface area contributed by atoms with Gasteiger partial charge >= 0.3 is 0 Å². The van der Waals surface area contributed by atoms with Crippen molar-refractivity contribution in [2.45, 2.75) is 67.0 Å². The Morgan fingerprint density at radius 1 is 0.778 bits per heavy atom. The van der Waals surface area contributed by atoms with Crippen LogP contribution in [-0.2, 0) is 0 Å². The van der Waals surface area contributed by atoms with E-state index in [0.717, 1.165) is 0 Å². The molecule has 2 N–H and O–H groups in total. The summed E-state index contributed by atoms with van der Waals surface area (Å²) >= 11 is 0. The van der Waals surface area contributed by atoms with Gasteiger partial charge < -0.3 is 5.64 Å². The first kappa shape index (κ1) is 17.5. The summed E-state index contributed by atoms with van der Waals surface area (Å²) in [7, 11) is 0. The van der Waals surface area contributed by atoms with E-state index < -0.39 is 0 Å². The number of hydrogen-bond donors (Lipinski definition) is 1. The van der Waals surface area contributed by atoms with E-state index in [4.69, 9.17) is 5.64 Å². The topological polar surface area (TPSA) is 26.0 Å². The molecule has 0 aromatic carbocycles. The fourth-order valence-corrected chi connectivity index (χ4v) is 2.52. The second kappa shape index (κ2) is 7.83. The molecule has 0 amide bonds. The number of allylic oxidation sites excluding steroid dienone is 4. The summed E-state index contributed by atoms with van der Waals surface area (Å²) in [5, 5.41) is 0. The van der Waals surface area contributed by atoms with Crippen LogP contribution in [-0.4, -0.2) is 6.85 Å². The van der Waals surface area contributed by atoms with Gasteiger partial charge in [0, 0.05) is 0 Å². The van der Waals surface area contributed by atoms with E-state index in [-0.39, 0.29) is 6.85 Å². The molecule has 1 nitrogen and oxygen atoms in total. The normalized spacial score (nSPS) is 14.4. The lowest BCUT2D eigenvalue weighted by molar-refractivity contribution is 0.600. The Labute approximate surface area is 115 Å². The smallest absolute Gasteiger partial charge is 0.232 e. The number of nitrogens with two attached hydrogens (primary N) is 1. The second-order valence-corrected chi connectivity index (χ2v) is 6.71. The molecule has 0 heterocycles. The highest BCUT2D eigenvalue weighted by Gasteiger charge is 2.31. The zero-order chi connectivity index (χ0) is 14.5. The highest BCUT2D eigenvalue weighted by Crippen LogP contribution is 2.33. The van der Waals surface area contributed by atoms with Gasteiger partial charge in [-0.2, -0.15) is 0 Å². The van der Waals surface area contributed by atoms with Crippen LogP contribution < -0.4 is 5.64 Å². The van der Waals surface area contributed by atoms with Gasteiger partial charge in [0.25, 0.3) is 0 Å². The van der Waals surface area contributed by atoms with E-state index in [0.29, 0.717) is 23.5 Å². The molecule has 104 valence electrons. The minimum Gasteiger partial charge on any atom is -0.369 e. The van der Waals surface area contributed by atoms with Crippen LogP contribution in [0.3, 0.4) is 0 Å². The van der Waals surface area contributed by atoms with E-state index in [9.17, 15) is 0 Å². The van der Waals surface area contributed by atoms with Gasteiger partial charge in [-0.25, -0.2) is 0 Å². The summed E-state index contributed by atoms with van der Waals surface area (Å²) < 4.78 is 0. The molecule has 2 unspecified atom stereocenters. The Bertz CT molecular complexity index is 264. The molecule has 0 saturated heterocycles. The molecule has 2 atom stereocenters. The van der Waals surface area contributed by atoms with Crippen molar-refractivity contribution < 1.29 is 0 Å². The largest absolute Gasteiger partial charge is 0.369 e. The Kier molecular flexibility index (Phi) is 7.62. The van der Waals surface area contributed by atoms with Gasteiger partial charge in [0.2, 0.25) is 6.85 Å². The van der Waals surface area contributed by atoms with Crippen molar-refractivity contribution in [3.05, 3.63) is 23.3 Å². The van der Waals surface area contributed by atoms with Crippen molar-refractivity contribution in [3.63, 3.8) is 0 Å². The van der Waals surface area contributed by atoms with Crippen LogP contribution in [0.15, 0.2) is 23.3 Å². The van der Waals surface area contributed by atoms with Gasteiger partial charge in [0.05, 0.1) is 0 Å². The lowest BCUT2D eigenvalue weighted by atomic mass is 9.39. The van der Waals surface area contributed by atoms with Crippen LogP contribution in [0.25, 0.3) is 0 Å². The van der Waals surface area contributed by atoms with Gasteiger partial charge in [-0.05, 0) is 51.2 Å². The third kappa shape index (κ3) is 5.90. The molecule has 0 aliphatic carbocycles. The first-order chi connectivity index (χ1) is 8.16. The molecule has 2 heteroatoms. The van der Waals surface area contributed by atoms with Crippen molar-refractivity contribution in [1.29, 1.82) is 0 Å². The summed E-state index contributed by atoms with van der Waals surface area (Å²) in [5.41, 5.74) is 9.30. The predicted molar refractivity (Wildman–Crippen MR) is 86.0 cm³/mol. The third-order valence-electron chi connectivity index (χ3n) is 3.48. The predicted octanol–water partition coefficient (Wildman–Crippen LogP) is 4.92. The zero-order valence-electron chi connectivity index (χ0n) is 13.6. The summed E-state index contributed by atoms with van der Waals surface area (Å²) in [4.78, 5) is 0. The van der Waals surface area contributed by atoms with Crippen molar-refractivity contribution in [1.82, 2.24) is 0 Å². The zero-order valence-corrected chi connectivity index (χ0v) is 13.6. The Hall–Kier alpha value is -0.495. The lowest BCUT2D eigenvalue weighted by Gasteiger charge is -2.30. The molecule has 0 spiro atoms. The van der Waals surface area contributed by atoms with Crippen LogP contribution in [0, 0.1) is 11.8 Å². The molecule has 0 aliphatic rings. The third-order valence-corrected chi connectivity index (χ3v) is 3.48. The number of hydrogen-bond acceptors (Lipinski definition) is 1. The molecular weight excluding hydrogens is 217 g/mol. The Morgan fingerprint density at radius 3 is 1.22 bits per heavy atom. The van der Waals surface area contributed by atoms with E-state index in [1.54, 1.807) is 0 Å². The van der Waals surface area contributed by atoms with Crippen LogP contribution in [0.4, 0.5) is 0 Å². The summed E-state index contributed by atoms with van der Waals surface area (Å²) in [5.74, 6) is 2.08. The minimum absolute atomic E-state index is 0.204. The summed E-state index contributed by atoms with van der Waals surface area (Å²) in [6.07, 6.45) is 4.70. The van der Waals surface area contributed by atoms with Crippen molar-refractivity contribution >= 4 is 6.85 Å². The standard InChI is InChI=1S/C16H32BN/c1-11(2)9-15(13(5)6)17(18)16(14(7)8)10-12(3)4/h9-10,13-16H,18H2,1-8H3.